The molecule has 0 aliphatic rings. The second-order valence-corrected chi connectivity index (χ2v) is 6.48. The Morgan fingerprint density at radius 1 is 0.909 bits per heavy atom. The standard InChI is InChI=1S/C18H23BrN2.ClH/c1-15(16-9-11-17(19)12-10-16)21(14-13-20(2)3)18-7-5-4-6-8-18;/h4-12,15H,13-14H2,1-3H3;1H. The van der Waals surface area contributed by atoms with Crippen molar-refractivity contribution in [3.8, 4) is 0 Å². The molecule has 2 nitrogen and oxygen atoms in total. The quantitative estimate of drug-likeness (QED) is 0.692. The van der Waals surface area contributed by atoms with Crippen LogP contribution in [0.4, 0.5) is 5.69 Å². The molecular weight excluding hydrogens is 360 g/mol. The molecule has 22 heavy (non-hydrogen) atoms. The monoisotopic (exact) mass is 382 g/mol. The van der Waals surface area contributed by atoms with E-state index < -0.39 is 0 Å². The smallest absolute Gasteiger partial charge is 0.0514 e. The van der Waals surface area contributed by atoms with Crippen LogP contribution in [0, 0.1) is 0 Å². The van der Waals surface area contributed by atoms with Crippen LogP contribution in [0.25, 0.3) is 0 Å². The molecule has 2 aromatic carbocycles. The van der Waals surface area contributed by atoms with Gasteiger partial charge in [0.15, 0.2) is 0 Å². The maximum absolute atomic E-state index is 3.51. The average Bonchev–Trinajstić information content (AvgIpc) is 2.49. The van der Waals surface area contributed by atoms with Gasteiger partial charge < -0.3 is 9.80 Å². The molecule has 1 unspecified atom stereocenters. The topological polar surface area (TPSA) is 6.48 Å². The molecule has 120 valence electrons. The SMILES string of the molecule is CC(c1ccc(Br)cc1)N(CCN(C)C)c1ccccc1.Cl. The van der Waals surface area contributed by atoms with Crippen molar-refractivity contribution in [2.75, 3.05) is 32.1 Å². The second kappa shape index (κ2) is 9.19. The number of para-hydroxylation sites is 1. The van der Waals surface area contributed by atoms with Crippen molar-refractivity contribution >= 4 is 34.0 Å². The van der Waals surface area contributed by atoms with Gasteiger partial charge in [0.25, 0.3) is 0 Å². The van der Waals surface area contributed by atoms with Gasteiger partial charge in [0.1, 0.15) is 0 Å². The Balaban J connectivity index is 0.00000242. The van der Waals surface area contributed by atoms with E-state index in [-0.39, 0.29) is 12.4 Å². The van der Waals surface area contributed by atoms with E-state index in [0.717, 1.165) is 17.6 Å². The molecule has 0 aliphatic heterocycles. The molecule has 0 spiro atoms. The largest absolute Gasteiger partial charge is 0.363 e. The van der Waals surface area contributed by atoms with Crippen LogP contribution in [0.5, 0.6) is 0 Å². The zero-order chi connectivity index (χ0) is 15.2. The Hall–Kier alpha value is -1.03. The predicted molar refractivity (Wildman–Crippen MR) is 102 cm³/mol. The van der Waals surface area contributed by atoms with Crippen molar-refractivity contribution in [2.24, 2.45) is 0 Å². The third-order valence-corrected chi connectivity index (χ3v) is 4.22. The van der Waals surface area contributed by atoms with Crippen LogP contribution in [-0.4, -0.2) is 32.1 Å². The third kappa shape index (κ3) is 5.31. The van der Waals surface area contributed by atoms with Crippen molar-refractivity contribution in [1.29, 1.82) is 0 Å². The fourth-order valence-corrected chi connectivity index (χ4v) is 2.66. The lowest BCUT2D eigenvalue weighted by molar-refractivity contribution is 0.407. The van der Waals surface area contributed by atoms with Crippen molar-refractivity contribution in [1.82, 2.24) is 4.90 Å². The summed E-state index contributed by atoms with van der Waals surface area (Å²) in [5.74, 6) is 0. The summed E-state index contributed by atoms with van der Waals surface area (Å²) in [5.41, 5.74) is 2.61. The van der Waals surface area contributed by atoms with Gasteiger partial charge in [-0.05, 0) is 50.8 Å². The summed E-state index contributed by atoms with van der Waals surface area (Å²) in [7, 11) is 4.24. The van der Waals surface area contributed by atoms with Crippen molar-refractivity contribution in [2.45, 2.75) is 13.0 Å². The van der Waals surface area contributed by atoms with Gasteiger partial charge in [-0.1, -0.05) is 46.3 Å². The molecule has 0 N–H and O–H groups in total. The molecule has 0 aliphatic carbocycles. The summed E-state index contributed by atoms with van der Waals surface area (Å²) in [6, 6.07) is 19.6. The number of benzene rings is 2. The number of nitrogens with zero attached hydrogens (tertiary/aromatic N) is 2. The molecule has 0 saturated heterocycles. The summed E-state index contributed by atoms with van der Waals surface area (Å²) in [6.07, 6.45) is 0. The lowest BCUT2D eigenvalue weighted by Gasteiger charge is -2.33. The zero-order valence-electron chi connectivity index (χ0n) is 13.4. The summed E-state index contributed by atoms with van der Waals surface area (Å²) in [4.78, 5) is 4.69. The third-order valence-electron chi connectivity index (χ3n) is 3.70. The van der Waals surface area contributed by atoms with Crippen LogP contribution >= 0.6 is 28.3 Å². The van der Waals surface area contributed by atoms with E-state index in [1.807, 2.05) is 0 Å². The fourth-order valence-electron chi connectivity index (χ4n) is 2.39. The summed E-state index contributed by atoms with van der Waals surface area (Å²) < 4.78 is 1.12. The molecule has 0 bridgehead atoms. The molecule has 2 rings (SSSR count). The highest BCUT2D eigenvalue weighted by Crippen LogP contribution is 2.27. The molecular formula is C18H24BrClN2. The molecule has 0 radical (unpaired) electrons. The molecule has 1 atom stereocenters. The second-order valence-electron chi connectivity index (χ2n) is 5.56. The van der Waals surface area contributed by atoms with Gasteiger partial charge in [-0.2, -0.15) is 0 Å². The normalized spacial score (nSPS) is 11.9. The van der Waals surface area contributed by atoms with Crippen LogP contribution in [0.15, 0.2) is 59.1 Å². The van der Waals surface area contributed by atoms with E-state index in [4.69, 9.17) is 0 Å². The minimum Gasteiger partial charge on any atom is -0.363 e. The van der Waals surface area contributed by atoms with Gasteiger partial charge in [0.05, 0.1) is 6.04 Å². The summed E-state index contributed by atoms with van der Waals surface area (Å²) in [5, 5.41) is 0. The molecule has 0 amide bonds. The lowest BCUT2D eigenvalue weighted by atomic mass is 10.1. The minimum atomic E-state index is 0. The minimum absolute atomic E-state index is 0. The fraction of sp³-hybridized carbons (Fsp3) is 0.333. The van der Waals surface area contributed by atoms with Crippen LogP contribution in [0.1, 0.15) is 18.5 Å². The Bertz CT molecular complexity index is 543. The number of hydrogen-bond acceptors (Lipinski definition) is 2. The Labute approximate surface area is 148 Å². The van der Waals surface area contributed by atoms with Crippen molar-refractivity contribution < 1.29 is 0 Å². The summed E-state index contributed by atoms with van der Waals surface area (Å²) >= 11 is 3.51. The van der Waals surface area contributed by atoms with E-state index >= 15 is 0 Å². The molecule has 0 saturated carbocycles. The highest BCUT2D eigenvalue weighted by atomic mass is 79.9. The van der Waals surface area contributed by atoms with Gasteiger partial charge in [-0.25, -0.2) is 0 Å². The Morgan fingerprint density at radius 2 is 1.50 bits per heavy atom. The average molecular weight is 384 g/mol. The zero-order valence-corrected chi connectivity index (χ0v) is 15.8. The van der Waals surface area contributed by atoms with Crippen LogP contribution in [-0.2, 0) is 0 Å². The molecule has 4 heteroatoms. The highest BCUT2D eigenvalue weighted by Gasteiger charge is 2.16. The number of likely N-dealkylation sites (N-methyl/N-ethyl adjacent to an activating group) is 1. The highest BCUT2D eigenvalue weighted by molar-refractivity contribution is 9.10. The van der Waals surface area contributed by atoms with E-state index in [9.17, 15) is 0 Å². The van der Waals surface area contributed by atoms with E-state index in [1.54, 1.807) is 0 Å². The summed E-state index contributed by atoms with van der Waals surface area (Å²) in [6.45, 7) is 4.32. The maximum atomic E-state index is 3.51. The maximum Gasteiger partial charge on any atom is 0.0514 e. The number of anilines is 1. The Morgan fingerprint density at radius 3 is 2.05 bits per heavy atom. The molecule has 2 aromatic rings. The molecule has 0 heterocycles. The van der Waals surface area contributed by atoms with E-state index in [1.165, 1.54) is 11.3 Å². The number of rotatable bonds is 6. The number of hydrogen-bond donors (Lipinski definition) is 0. The first-order chi connectivity index (χ1) is 10.1. The van der Waals surface area contributed by atoms with Gasteiger partial charge in [0.2, 0.25) is 0 Å². The van der Waals surface area contributed by atoms with Gasteiger partial charge in [0, 0.05) is 23.2 Å². The predicted octanol–water partition coefficient (Wildman–Crippen LogP) is 5.00. The first-order valence-corrected chi connectivity index (χ1v) is 8.09. The Kier molecular flexibility index (Phi) is 7.94. The van der Waals surface area contributed by atoms with E-state index in [0.29, 0.717) is 6.04 Å². The van der Waals surface area contributed by atoms with Crippen molar-refractivity contribution in [3.05, 3.63) is 64.6 Å². The van der Waals surface area contributed by atoms with Crippen molar-refractivity contribution in [3.63, 3.8) is 0 Å². The van der Waals surface area contributed by atoms with Gasteiger partial charge >= 0.3 is 0 Å². The van der Waals surface area contributed by atoms with Crippen LogP contribution in [0.2, 0.25) is 0 Å². The molecule has 0 fully saturated rings. The lowest BCUT2D eigenvalue weighted by Crippen LogP contribution is -2.33. The van der Waals surface area contributed by atoms with Crippen LogP contribution in [0.3, 0.4) is 0 Å². The van der Waals surface area contributed by atoms with Gasteiger partial charge in [-0.3, -0.25) is 0 Å². The first kappa shape index (κ1) is 19.0. The number of halogens is 2. The van der Waals surface area contributed by atoms with Gasteiger partial charge in [-0.15, -0.1) is 12.4 Å². The first-order valence-electron chi connectivity index (χ1n) is 7.30. The van der Waals surface area contributed by atoms with Crippen LogP contribution < -0.4 is 4.90 Å². The molecule has 0 aromatic heterocycles. The van der Waals surface area contributed by atoms with E-state index in [2.05, 4.69) is 101 Å².